The molecule has 1 aromatic heterocycles. The Labute approximate surface area is 170 Å². The quantitative estimate of drug-likeness (QED) is 0.298. The second kappa shape index (κ2) is 8.69. The predicted molar refractivity (Wildman–Crippen MR) is 114 cm³/mol. The topological polar surface area (TPSA) is 43.7 Å². The van der Waals surface area contributed by atoms with E-state index in [2.05, 4.69) is 22.8 Å². The third-order valence-corrected chi connectivity index (χ3v) is 4.69. The van der Waals surface area contributed by atoms with Gasteiger partial charge in [-0.25, -0.2) is 4.39 Å². The predicted octanol–water partition coefficient (Wildman–Crippen LogP) is 5.92. The fourth-order valence-electron chi connectivity index (χ4n) is 3.10. The van der Waals surface area contributed by atoms with Crippen LogP contribution in [0.1, 0.15) is 29.3 Å². The third-order valence-electron chi connectivity index (χ3n) is 4.69. The summed E-state index contributed by atoms with van der Waals surface area (Å²) in [5, 5.41) is 4.11. The number of pyridine rings is 1. The van der Waals surface area contributed by atoms with E-state index in [0.29, 0.717) is 22.8 Å². The van der Waals surface area contributed by atoms with Crippen molar-refractivity contribution in [3.8, 4) is 16.9 Å². The van der Waals surface area contributed by atoms with Crippen LogP contribution < -0.4 is 4.74 Å². The van der Waals surface area contributed by atoms with Crippen LogP contribution in [-0.2, 0) is 4.84 Å². The molecule has 0 unspecified atom stereocenters. The molecule has 0 spiro atoms. The van der Waals surface area contributed by atoms with Crippen LogP contribution in [-0.4, -0.2) is 17.8 Å². The van der Waals surface area contributed by atoms with Gasteiger partial charge in [-0.3, -0.25) is 4.98 Å². The van der Waals surface area contributed by atoms with Gasteiger partial charge in [0.1, 0.15) is 11.6 Å². The lowest BCUT2D eigenvalue weighted by molar-refractivity contribution is 0.298. The van der Waals surface area contributed by atoms with Gasteiger partial charge in [-0.05, 0) is 62.2 Å². The smallest absolute Gasteiger partial charge is 0.158 e. The van der Waals surface area contributed by atoms with Crippen LogP contribution in [0.4, 0.5) is 4.39 Å². The van der Waals surface area contributed by atoms with Crippen LogP contribution in [0.5, 0.6) is 5.75 Å². The zero-order chi connectivity index (χ0) is 21.0. The number of halogens is 1. The van der Waals surface area contributed by atoms with Crippen molar-refractivity contribution in [2.75, 3.05) is 7.11 Å². The molecule has 5 heteroatoms. The molecule has 2 aromatic carbocycles. The highest BCUT2D eigenvalue weighted by atomic mass is 19.1. The standard InChI is InChI=1S/C24H23FN2O2/c1-15-13-19(8-10-21(15)22-7-6-12-26-16(22)2)18(4)29-27-17(3)23-14-20(25)9-11-24(23)28-5/h6-14H,4H2,1-3,5H3/b27-17+. The van der Waals surface area contributed by atoms with Crippen molar-refractivity contribution < 1.29 is 14.0 Å². The van der Waals surface area contributed by atoms with Crippen molar-refractivity contribution in [3.05, 3.63) is 89.5 Å². The Morgan fingerprint density at radius 1 is 1.07 bits per heavy atom. The molecule has 0 aliphatic carbocycles. The van der Waals surface area contributed by atoms with Crippen LogP contribution in [0, 0.1) is 19.7 Å². The average Bonchev–Trinajstić information content (AvgIpc) is 2.72. The van der Waals surface area contributed by atoms with Crippen molar-refractivity contribution >= 4 is 11.5 Å². The van der Waals surface area contributed by atoms with Gasteiger partial charge in [0.25, 0.3) is 0 Å². The highest BCUT2D eigenvalue weighted by molar-refractivity contribution is 6.00. The molecule has 3 aromatic rings. The van der Waals surface area contributed by atoms with E-state index in [1.165, 1.54) is 19.2 Å². The summed E-state index contributed by atoms with van der Waals surface area (Å²) in [6, 6.07) is 14.2. The Kier molecular flexibility index (Phi) is 6.07. The van der Waals surface area contributed by atoms with Gasteiger partial charge >= 0.3 is 0 Å². The van der Waals surface area contributed by atoms with Gasteiger partial charge in [-0.2, -0.15) is 0 Å². The van der Waals surface area contributed by atoms with E-state index in [0.717, 1.165) is 27.9 Å². The van der Waals surface area contributed by atoms with Gasteiger partial charge in [0.05, 0.1) is 12.8 Å². The lowest BCUT2D eigenvalue weighted by Gasteiger charge is -2.12. The summed E-state index contributed by atoms with van der Waals surface area (Å²) in [5.41, 5.74) is 6.08. The molecule has 0 amide bonds. The number of oxime groups is 1. The molecule has 0 N–H and O–H groups in total. The third kappa shape index (κ3) is 4.51. The summed E-state index contributed by atoms with van der Waals surface area (Å²) in [6.07, 6.45) is 1.78. The van der Waals surface area contributed by atoms with Crippen LogP contribution in [0.3, 0.4) is 0 Å². The Hall–Kier alpha value is -3.47. The molecule has 0 aliphatic rings. The molecule has 1 heterocycles. The second-order valence-corrected chi connectivity index (χ2v) is 6.70. The summed E-state index contributed by atoms with van der Waals surface area (Å²) in [7, 11) is 1.53. The fourth-order valence-corrected chi connectivity index (χ4v) is 3.10. The van der Waals surface area contributed by atoms with Crippen LogP contribution in [0.25, 0.3) is 16.9 Å². The largest absolute Gasteiger partial charge is 0.496 e. The number of aryl methyl sites for hydroxylation is 2. The molecule has 0 aliphatic heterocycles. The van der Waals surface area contributed by atoms with Crippen LogP contribution in [0.15, 0.2) is 66.5 Å². The lowest BCUT2D eigenvalue weighted by atomic mass is 9.97. The lowest BCUT2D eigenvalue weighted by Crippen LogP contribution is -2.01. The Morgan fingerprint density at radius 2 is 1.86 bits per heavy atom. The molecule has 0 atom stereocenters. The van der Waals surface area contributed by atoms with Gasteiger partial charge in [0.15, 0.2) is 5.76 Å². The van der Waals surface area contributed by atoms with Crippen molar-refractivity contribution in [2.24, 2.45) is 5.16 Å². The zero-order valence-corrected chi connectivity index (χ0v) is 17.0. The second-order valence-electron chi connectivity index (χ2n) is 6.70. The molecule has 4 nitrogen and oxygen atoms in total. The molecule has 148 valence electrons. The van der Waals surface area contributed by atoms with Gasteiger partial charge in [0.2, 0.25) is 0 Å². The van der Waals surface area contributed by atoms with Gasteiger partial charge < -0.3 is 9.57 Å². The molecule has 0 fully saturated rings. The number of methoxy groups -OCH3 is 1. The number of hydrogen-bond donors (Lipinski definition) is 0. The number of ether oxygens (including phenoxy) is 1. The minimum absolute atomic E-state index is 0.369. The highest BCUT2D eigenvalue weighted by Crippen LogP contribution is 2.28. The molecular weight excluding hydrogens is 367 g/mol. The first kappa shape index (κ1) is 20.3. The summed E-state index contributed by atoms with van der Waals surface area (Å²) >= 11 is 0. The number of benzene rings is 2. The summed E-state index contributed by atoms with van der Waals surface area (Å²) in [6.45, 7) is 9.71. The van der Waals surface area contributed by atoms with Crippen molar-refractivity contribution in [1.82, 2.24) is 4.98 Å². The molecule has 0 radical (unpaired) electrons. The summed E-state index contributed by atoms with van der Waals surface area (Å²) < 4.78 is 18.8. The number of aromatic nitrogens is 1. The zero-order valence-electron chi connectivity index (χ0n) is 17.0. The van der Waals surface area contributed by atoms with Gasteiger partial charge in [-0.1, -0.05) is 29.9 Å². The van der Waals surface area contributed by atoms with Crippen molar-refractivity contribution in [1.29, 1.82) is 0 Å². The SMILES string of the molecule is C=C(O/N=C(\C)c1cc(F)ccc1OC)c1ccc(-c2cccnc2C)c(C)c1. The van der Waals surface area contributed by atoms with E-state index in [9.17, 15) is 4.39 Å². The maximum Gasteiger partial charge on any atom is 0.158 e. The fraction of sp³-hybridized carbons (Fsp3) is 0.167. The normalized spacial score (nSPS) is 11.3. The average molecular weight is 390 g/mol. The maximum atomic E-state index is 13.6. The van der Waals surface area contributed by atoms with Crippen LogP contribution in [0.2, 0.25) is 0 Å². The molecule has 29 heavy (non-hydrogen) atoms. The molecule has 3 rings (SSSR count). The van der Waals surface area contributed by atoms with Crippen LogP contribution >= 0.6 is 0 Å². The molecule has 0 bridgehead atoms. The van der Waals surface area contributed by atoms with E-state index in [1.807, 2.05) is 38.1 Å². The number of rotatable bonds is 6. The van der Waals surface area contributed by atoms with E-state index in [4.69, 9.17) is 9.57 Å². The summed E-state index contributed by atoms with van der Waals surface area (Å²) in [5.74, 6) is 0.553. The molecule has 0 saturated carbocycles. The van der Waals surface area contributed by atoms with E-state index in [-0.39, 0.29) is 5.82 Å². The van der Waals surface area contributed by atoms with Crippen molar-refractivity contribution in [3.63, 3.8) is 0 Å². The van der Waals surface area contributed by atoms with E-state index >= 15 is 0 Å². The Bertz CT molecular complexity index is 1090. The maximum absolute atomic E-state index is 13.6. The Morgan fingerprint density at radius 3 is 2.55 bits per heavy atom. The number of hydrogen-bond acceptors (Lipinski definition) is 4. The first-order chi connectivity index (χ1) is 13.9. The van der Waals surface area contributed by atoms with Crippen molar-refractivity contribution in [2.45, 2.75) is 20.8 Å². The molecular formula is C24H23FN2O2. The minimum Gasteiger partial charge on any atom is -0.496 e. The molecule has 0 saturated heterocycles. The van der Waals surface area contributed by atoms with Gasteiger partial charge in [0, 0.05) is 28.6 Å². The van der Waals surface area contributed by atoms with Gasteiger partial charge in [-0.15, -0.1) is 0 Å². The summed E-state index contributed by atoms with van der Waals surface area (Å²) in [4.78, 5) is 9.87. The monoisotopic (exact) mass is 390 g/mol. The first-order valence-electron chi connectivity index (χ1n) is 9.18. The van der Waals surface area contributed by atoms with E-state index in [1.54, 1.807) is 19.2 Å². The highest BCUT2D eigenvalue weighted by Gasteiger charge is 2.11. The minimum atomic E-state index is -0.369. The number of nitrogens with zero attached hydrogens (tertiary/aromatic N) is 2. The van der Waals surface area contributed by atoms with E-state index < -0.39 is 0 Å². The first-order valence-corrected chi connectivity index (χ1v) is 9.18. The Balaban J connectivity index is 1.81.